The van der Waals surface area contributed by atoms with Crippen molar-refractivity contribution in [3.05, 3.63) is 17.8 Å². The van der Waals surface area contributed by atoms with Crippen molar-refractivity contribution in [3.63, 3.8) is 0 Å². The summed E-state index contributed by atoms with van der Waals surface area (Å²) in [6, 6.07) is 0.882. The number of alkyl halides is 2. The average Bonchev–Trinajstić information content (AvgIpc) is 2.15. The molecule has 0 bridgehead atoms. The molecule has 1 heterocycles. The van der Waals surface area contributed by atoms with E-state index in [2.05, 4.69) is 9.72 Å². The molecule has 0 amide bonds. The van der Waals surface area contributed by atoms with E-state index >= 15 is 0 Å². The lowest BCUT2D eigenvalue weighted by Gasteiger charge is -2.06. The molecule has 15 heavy (non-hydrogen) atoms. The number of halogens is 3. The van der Waals surface area contributed by atoms with Gasteiger partial charge in [0.25, 0.3) is 15.5 Å². The van der Waals surface area contributed by atoms with Crippen LogP contribution in [0.15, 0.2) is 17.3 Å². The quantitative estimate of drug-likeness (QED) is 0.777. The van der Waals surface area contributed by atoms with Crippen molar-refractivity contribution in [2.75, 3.05) is 7.11 Å². The molecule has 0 aliphatic rings. The van der Waals surface area contributed by atoms with E-state index in [-0.39, 0.29) is 5.75 Å². The predicted molar refractivity (Wildman–Crippen MR) is 48.8 cm³/mol. The maximum Gasteiger partial charge on any atom is 0.279 e. The van der Waals surface area contributed by atoms with E-state index in [1.165, 1.54) is 7.11 Å². The molecule has 0 aromatic carbocycles. The molecule has 1 aromatic rings. The van der Waals surface area contributed by atoms with E-state index in [9.17, 15) is 17.2 Å². The fourth-order valence-corrected chi connectivity index (χ4v) is 1.92. The molecule has 0 saturated carbocycles. The summed E-state index contributed by atoms with van der Waals surface area (Å²) in [5.41, 5.74) is -0.774. The molecule has 0 aliphatic carbocycles. The standard InChI is InChI=1S/C7H6ClF2NO3S/c1-14-4-2-5(6(9)10)7(11-3-4)15(8,12)13/h2-3,6H,1H3. The van der Waals surface area contributed by atoms with Crippen LogP contribution >= 0.6 is 10.7 Å². The van der Waals surface area contributed by atoms with Crippen molar-refractivity contribution < 1.29 is 21.9 Å². The molecule has 84 valence electrons. The Morgan fingerprint density at radius 2 is 2.13 bits per heavy atom. The van der Waals surface area contributed by atoms with Gasteiger partial charge in [-0.15, -0.1) is 0 Å². The van der Waals surface area contributed by atoms with Crippen molar-refractivity contribution in [2.45, 2.75) is 11.5 Å². The topological polar surface area (TPSA) is 56.3 Å². The number of pyridine rings is 1. The Morgan fingerprint density at radius 3 is 2.53 bits per heavy atom. The molecular weight excluding hydrogens is 252 g/mol. The van der Waals surface area contributed by atoms with Gasteiger partial charge in [-0.2, -0.15) is 0 Å². The summed E-state index contributed by atoms with van der Waals surface area (Å²) in [4.78, 5) is 3.32. The Hall–Kier alpha value is -0.950. The highest BCUT2D eigenvalue weighted by atomic mass is 35.7. The molecule has 0 radical (unpaired) electrons. The molecular formula is C7H6ClF2NO3S. The summed E-state index contributed by atoms with van der Waals surface area (Å²) in [7, 11) is 1.91. The van der Waals surface area contributed by atoms with E-state index in [1.54, 1.807) is 0 Å². The highest BCUT2D eigenvalue weighted by Crippen LogP contribution is 2.29. The van der Waals surface area contributed by atoms with E-state index < -0.39 is 26.1 Å². The summed E-state index contributed by atoms with van der Waals surface area (Å²) in [6.45, 7) is 0. The van der Waals surface area contributed by atoms with E-state index in [1.807, 2.05) is 0 Å². The van der Waals surface area contributed by atoms with E-state index in [0.717, 1.165) is 12.3 Å². The van der Waals surface area contributed by atoms with Crippen LogP contribution in [-0.4, -0.2) is 20.5 Å². The second kappa shape index (κ2) is 4.28. The molecule has 1 aromatic heterocycles. The first-order valence-corrected chi connectivity index (χ1v) is 5.94. The van der Waals surface area contributed by atoms with Gasteiger partial charge in [0.15, 0.2) is 5.03 Å². The zero-order valence-electron chi connectivity index (χ0n) is 7.45. The van der Waals surface area contributed by atoms with Gasteiger partial charge in [-0.05, 0) is 6.07 Å². The molecule has 8 heteroatoms. The van der Waals surface area contributed by atoms with Gasteiger partial charge in [-0.25, -0.2) is 22.2 Å². The van der Waals surface area contributed by atoms with Crippen LogP contribution in [0.2, 0.25) is 0 Å². The number of hydrogen-bond acceptors (Lipinski definition) is 4. The Balaban J connectivity index is 3.41. The monoisotopic (exact) mass is 257 g/mol. The van der Waals surface area contributed by atoms with Crippen LogP contribution < -0.4 is 4.74 Å². The second-order valence-electron chi connectivity index (χ2n) is 2.51. The molecule has 0 spiro atoms. The van der Waals surface area contributed by atoms with Crippen molar-refractivity contribution in [1.29, 1.82) is 0 Å². The molecule has 0 N–H and O–H groups in total. The van der Waals surface area contributed by atoms with Gasteiger partial charge in [0.1, 0.15) is 5.75 Å². The predicted octanol–water partition coefficient (Wildman–Crippen LogP) is 1.96. The smallest absolute Gasteiger partial charge is 0.279 e. The minimum atomic E-state index is -4.28. The first-order chi connectivity index (χ1) is 6.86. The zero-order chi connectivity index (χ0) is 11.6. The Morgan fingerprint density at radius 1 is 1.53 bits per heavy atom. The highest BCUT2D eigenvalue weighted by molar-refractivity contribution is 8.13. The third-order valence-corrected chi connectivity index (χ3v) is 2.80. The zero-order valence-corrected chi connectivity index (χ0v) is 9.02. The third kappa shape index (κ3) is 2.75. The lowest BCUT2D eigenvalue weighted by molar-refractivity contribution is 0.146. The SMILES string of the molecule is COc1cnc(S(=O)(=O)Cl)c(C(F)F)c1. The Bertz CT molecular complexity index is 463. The van der Waals surface area contributed by atoms with Crippen molar-refractivity contribution in [3.8, 4) is 5.75 Å². The molecule has 0 fully saturated rings. The van der Waals surface area contributed by atoms with Gasteiger partial charge in [0.2, 0.25) is 0 Å². The summed E-state index contributed by atoms with van der Waals surface area (Å²) in [6.07, 6.45) is -1.99. The maximum absolute atomic E-state index is 12.5. The molecule has 0 saturated heterocycles. The summed E-state index contributed by atoms with van der Waals surface area (Å²) in [5, 5.41) is -0.847. The van der Waals surface area contributed by atoms with Crippen LogP contribution in [0, 0.1) is 0 Å². The molecule has 0 atom stereocenters. The normalized spacial score (nSPS) is 11.8. The molecule has 0 aliphatic heterocycles. The van der Waals surface area contributed by atoms with Crippen LogP contribution in [-0.2, 0) is 9.05 Å². The van der Waals surface area contributed by atoms with Crippen LogP contribution in [0.25, 0.3) is 0 Å². The molecule has 1 rings (SSSR count). The second-order valence-corrected chi connectivity index (χ2v) is 4.99. The number of methoxy groups -OCH3 is 1. The number of nitrogens with zero attached hydrogens (tertiary/aromatic N) is 1. The fourth-order valence-electron chi connectivity index (χ4n) is 0.921. The summed E-state index contributed by atoms with van der Waals surface area (Å²) < 4.78 is 51.3. The lowest BCUT2D eigenvalue weighted by atomic mass is 10.3. The largest absolute Gasteiger partial charge is 0.495 e. The lowest BCUT2D eigenvalue weighted by Crippen LogP contribution is -2.02. The van der Waals surface area contributed by atoms with Gasteiger partial charge < -0.3 is 4.74 Å². The van der Waals surface area contributed by atoms with Crippen LogP contribution in [0.1, 0.15) is 12.0 Å². The Kier molecular flexibility index (Phi) is 3.46. The minimum Gasteiger partial charge on any atom is -0.495 e. The van der Waals surface area contributed by atoms with Crippen LogP contribution in [0.3, 0.4) is 0 Å². The van der Waals surface area contributed by atoms with Gasteiger partial charge >= 0.3 is 0 Å². The summed E-state index contributed by atoms with van der Waals surface area (Å²) in [5.74, 6) is 0.0365. The highest BCUT2D eigenvalue weighted by Gasteiger charge is 2.24. The van der Waals surface area contributed by atoms with Crippen molar-refractivity contribution >= 4 is 19.7 Å². The van der Waals surface area contributed by atoms with Gasteiger partial charge in [-0.1, -0.05) is 0 Å². The van der Waals surface area contributed by atoms with Gasteiger partial charge in [-0.3, -0.25) is 0 Å². The van der Waals surface area contributed by atoms with Crippen molar-refractivity contribution in [1.82, 2.24) is 4.98 Å². The number of hydrogen-bond donors (Lipinski definition) is 0. The van der Waals surface area contributed by atoms with E-state index in [0.29, 0.717) is 0 Å². The number of ether oxygens (including phenoxy) is 1. The average molecular weight is 258 g/mol. The maximum atomic E-state index is 12.5. The van der Waals surface area contributed by atoms with Crippen molar-refractivity contribution in [2.24, 2.45) is 0 Å². The summed E-state index contributed by atoms with van der Waals surface area (Å²) >= 11 is 0. The van der Waals surface area contributed by atoms with Gasteiger partial charge in [0.05, 0.1) is 18.9 Å². The first kappa shape index (κ1) is 12.1. The molecule has 4 nitrogen and oxygen atoms in total. The fraction of sp³-hybridized carbons (Fsp3) is 0.286. The number of aromatic nitrogens is 1. The molecule has 0 unspecified atom stereocenters. The van der Waals surface area contributed by atoms with E-state index in [4.69, 9.17) is 10.7 Å². The minimum absolute atomic E-state index is 0.0365. The van der Waals surface area contributed by atoms with Crippen LogP contribution in [0.4, 0.5) is 8.78 Å². The first-order valence-electron chi connectivity index (χ1n) is 3.63. The van der Waals surface area contributed by atoms with Gasteiger partial charge in [0, 0.05) is 10.7 Å². The number of rotatable bonds is 3. The van der Waals surface area contributed by atoms with Crippen LogP contribution in [0.5, 0.6) is 5.75 Å². The Labute approximate surface area is 89.3 Å². The third-order valence-electron chi connectivity index (χ3n) is 1.56.